The summed E-state index contributed by atoms with van der Waals surface area (Å²) in [4.78, 5) is 24.5. The van der Waals surface area contributed by atoms with Crippen molar-refractivity contribution in [3.8, 4) is 0 Å². The van der Waals surface area contributed by atoms with Gasteiger partial charge < -0.3 is 10.8 Å². The highest BCUT2D eigenvalue weighted by Crippen LogP contribution is 1.96. The summed E-state index contributed by atoms with van der Waals surface area (Å²) < 4.78 is 12.4. The van der Waals surface area contributed by atoms with Crippen LogP contribution in [0.5, 0.6) is 0 Å². The van der Waals surface area contributed by atoms with Crippen LogP contribution in [0.3, 0.4) is 0 Å². The van der Waals surface area contributed by atoms with Crippen LogP contribution in [0.15, 0.2) is 9.59 Å². The van der Waals surface area contributed by atoms with Crippen molar-refractivity contribution in [2.45, 2.75) is 13.3 Å². The Labute approximate surface area is 73.0 Å². The van der Waals surface area contributed by atoms with E-state index in [4.69, 9.17) is 5.84 Å². The summed E-state index contributed by atoms with van der Waals surface area (Å²) in [6, 6.07) is 0. The molecule has 0 radical (unpaired) electrons. The number of nitrogens with one attached hydrogen (secondary N) is 1. The molecule has 0 aliphatic rings. The predicted octanol–water partition coefficient (Wildman–Crippen LogP) is -0.929. The second kappa shape index (κ2) is 3.42. The summed E-state index contributed by atoms with van der Waals surface area (Å²) in [5.74, 6) is 5.12. The van der Waals surface area contributed by atoms with Gasteiger partial charge in [-0.25, -0.2) is 4.79 Å². The monoisotopic (exact) mass is 187 g/mol. The molecule has 0 fully saturated rings. The van der Waals surface area contributed by atoms with Gasteiger partial charge in [0.1, 0.15) is 0 Å². The second-order valence-electron chi connectivity index (χ2n) is 2.65. The van der Waals surface area contributed by atoms with E-state index in [1.165, 1.54) is 6.92 Å². The van der Waals surface area contributed by atoms with Crippen molar-refractivity contribution in [2.75, 3.05) is 12.5 Å². The maximum absolute atomic E-state index is 12.0. The van der Waals surface area contributed by atoms with Gasteiger partial charge in [0.25, 0.3) is 5.56 Å². The Balaban J connectivity index is 3.44. The lowest BCUT2D eigenvalue weighted by atomic mass is 10.2. The third-order valence-corrected chi connectivity index (χ3v) is 1.79. The molecule has 1 aromatic rings. The minimum atomic E-state index is -0.690. The molecule has 0 saturated carbocycles. The Bertz CT molecular complexity index is 421. The highest BCUT2D eigenvalue weighted by molar-refractivity contribution is 5.15. The lowest BCUT2D eigenvalue weighted by Crippen LogP contribution is -2.43. The predicted molar refractivity (Wildman–Crippen MR) is 45.9 cm³/mol. The Hall–Kier alpha value is -1.59. The van der Waals surface area contributed by atoms with Crippen molar-refractivity contribution in [1.29, 1.82) is 0 Å². The highest BCUT2D eigenvalue weighted by Gasteiger charge is 2.08. The fraction of sp³-hybridized carbons (Fsp3) is 0.429. The van der Waals surface area contributed by atoms with E-state index in [1.807, 2.05) is 0 Å². The number of hydrogen-bond acceptors (Lipinski definition) is 3. The standard InChI is InChI=1S/C7H10FN3O2/c1-4-5(2-3-8)6(12)11(9)7(13)10-4/h2-3,9H2,1H3,(H,10,13). The number of H-pyrrole nitrogens is 1. The molecule has 1 rings (SSSR count). The van der Waals surface area contributed by atoms with Gasteiger partial charge in [-0.2, -0.15) is 4.68 Å². The number of nitrogen functional groups attached to an aromatic ring is 1. The van der Waals surface area contributed by atoms with Crippen LogP contribution in [0.25, 0.3) is 0 Å². The van der Waals surface area contributed by atoms with Crippen LogP contribution in [0.1, 0.15) is 11.3 Å². The van der Waals surface area contributed by atoms with Gasteiger partial charge in [0.2, 0.25) is 0 Å². The molecule has 5 nitrogen and oxygen atoms in total. The van der Waals surface area contributed by atoms with Gasteiger partial charge in [-0.3, -0.25) is 9.18 Å². The summed E-state index contributed by atoms with van der Waals surface area (Å²) >= 11 is 0. The molecule has 0 amide bonds. The van der Waals surface area contributed by atoms with Crippen LogP contribution in [0.2, 0.25) is 0 Å². The van der Waals surface area contributed by atoms with E-state index >= 15 is 0 Å². The number of aromatic nitrogens is 2. The van der Waals surface area contributed by atoms with Crippen LogP contribution < -0.4 is 17.1 Å². The molecule has 0 unspecified atom stereocenters. The third-order valence-electron chi connectivity index (χ3n) is 1.79. The third kappa shape index (κ3) is 1.61. The molecule has 0 saturated heterocycles. The molecule has 0 aliphatic heterocycles. The first kappa shape index (κ1) is 9.50. The van der Waals surface area contributed by atoms with Crippen LogP contribution in [-0.4, -0.2) is 16.3 Å². The van der Waals surface area contributed by atoms with Crippen molar-refractivity contribution >= 4 is 0 Å². The second-order valence-corrected chi connectivity index (χ2v) is 2.65. The van der Waals surface area contributed by atoms with Gasteiger partial charge >= 0.3 is 5.69 Å². The zero-order valence-electron chi connectivity index (χ0n) is 7.13. The molecule has 0 bridgehead atoms. The largest absolute Gasteiger partial charge is 0.347 e. The summed E-state index contributed by atoms with van der Waals surface area (Å²) in [5, 5.41) is 0. The Morgan fingerprint density at radius 2 is 2.15 bits per heavy atom. The lowest BCUT2D eigenvalue weighted by Gasteiger charge is -2.03. The minimum Gasteiger partial charge on any atom is -0.332 e. The molecule has 0 aromatic carbocycles. The molecular formula is C7H10FN3O2. The van der Waals surface area contributed by atoms with Crippen molar-refractivity contribution in [3.05, 3.63) is 32.1 Å². The van der Waals surface area contributed by atoms with Gasteiger partial charge in [0, 0.05) is 17.7 Å². The van der Waals surface area contributed by atoms with Crippen molar-refractivity contribution < 1.29 is 4.39 Å². The first-order valence-electron chi connectivity index (χ1n) is 3.73. The van der Waals surface area contributed by atoms with E-state index in [1.54, 1.807) is 0 Å². The van der Waals surface area contributed by atoms with Crippen molar-refractivity contribution in [1.82, 2.24) is 9.66 Å². The molecule has 72 valence electrons. The molecule has 0 spiro atoms. The van der Waals surface area contributed by atoms with Gasteiger partial charge in [0.05, 0.1) is 6.67 Å². The highest BCUT2D eigenvalue weighted by atomic mass is 19.1. The fourth-order valence-corrected chi connectivity index (χ4v) is 1.08. The van der Waals surface area contributed by atoms with Crippen molar-refractivity contribution in [2.24, 2.45) is 0 Å². The van der Waals surface area contributed by atoms with E-state index in [2.05, 4.69) is 4.98 Å². The van der Waals surface area contributed by atoms with Crippen LogP contribution in [-0.2, 0) is 6.42 Å². The number of rotatable bonds is 2. The number of hydrogen-bond donors (Lipinski definition) is 2. The molecule has 3 N–H and O–H groups in total. The molecule has 6 heteroatoms. The molecule has 0 aliphatic carbocycles. The number of aromatic amines is 1. The maximum Gasteiger partial charge on any atom is 0.347 e. The quantitative estimate of drug-likeness (QED) is 0.587. The topological polar surface area (TPSA) is 80.9 Å². The van der Waals surface area contributed by atoms with Gasteiger partial charge in [-0.05, 0) is 6.92 Å². The average molecular weight is 187 g/mol. The molecular weight excluding hydrogens is 177 g/mol. The first-order chi connectivity index (χ1) is 6.07. The Morgan fingerprint density at radius 1 is 1.54 bits per heavy atom. The summed E-state index contributed by atoms with van der Waals surface area (Å²) in [5.41, 5.74) is -0.747. The van der Waals surface area contributed by atoms with E-state index in [-0.39, 0.29) is 12.0 Å². The van der Waals surface area contributed by atoms with Gasteiger partial charge in [0.15, 0.2) is 0 Å². The van der Waals surface area contributed by atoms with E-state index in [9.17, 15) is 14.0 Å². The minimum absolute atomic E-state index is 0.0291. The number of nitrogens with two attached hydrogens (primary N) is 1. The van der Waals surface area contributed by atoms with Gasteiger partial charge in [-0.15, -0.1) is 0 Å². The Kier molecular flexibility index (Phi) is 2.50. The average Bonchev–Trinajstić information content (AvgIpc) is 2.09. The summed E-state index contributed by atoms with van der Waals surface area (Å²) in [6.07, 6.45) is -0.0291. The molecule has 0 atom stereocenters. The molecule has 1 aromatic heterocycles. The maximum atomic E-state index is 12.0. The number of aryl methyl sites for hydroxylation is 1. The number of nitrogens with zero attached hydrogens (tertiary/aromatic N) is 1. The molecule has 1 heterocycles. The van der Waals surface area contributed by atoms with Crippen molar-refractivity contribution in [3.63, 3.8) is 0 Å². The summed E-state index contributed by atoms with van der Waals surface area (Å²) in [7, 11) is 0. The zero-order chi connectivity index (χ0) is 10.0. The van der Waals surface area contributed by atoms with Gasteiger partial charge in [-0.1, -0.05) is 0 Å². The molecule has 13 heavy (non-hydrogen) atoms. The number of alkyl halides is 1. The fourth-order valence-electron chi connectivity index (χ4n) is 1.08. The van der Waals surface area contributed by atoms with E-state index in [0.717, 1.165) is 0 Å². The van der Waals surface area contributed by atoms with E-state index < -0.39 is 17.9 Å². The SMILES string of the molecule is Cc1[nH]c(=O)n(N)c(=O)c1CCF. The lowest BCUT2D eigenvalue weighted by molar-refractivity contribution is 0.491. The smallest absolute Gasteiger partial charge is 0.332 e. The first-order valence-corrected chi connectivity index (χ1v) is 3.73. The van der Waals surface area contributed by atoms with Crippen LogP contribution in [0.4, 0.5) is 4.39 Å². The Morgan fingerprint density at radius 3 is 2.69 bits per heavy atom. The normalized spacial score (nSPS) is 10.3. The van der Waals surface area contributed by atoms with Crippen LogP contribution in [0, 0.1) is 6.92 Å². The van der Waals surface area contributed by atoms with Crippen LogP contribution >= 0.6 is 0 Å². The van der Waals surface area contributed by atoms with E-state index in [0.29, 0.717) is 10.4 Å². The summed E-state index contributed by atoms with van der Waals surface area (Å²) in [6.45, 7) is 0.885. The zero-order valence-corrected chi connectivity index (χ0v) is 7.13. The number of halogens is 1.